The van der Waals surface area contributed by atoms with Crippen LogP contribution in [-0.4, -0.2) is 55.2 Å². The van der Waals surface area contributed by atoms with Gasteiger partial charge in [0.1, 0.15) is 40.2 Å². The molecule has 0 radical (unpaired) electrons. The maximum Gasteiger partial charge on any atom is 0.573 e. The molecule has 4 aromatic heterocycles. The molecule has 0 bridgehead atoms. The Morgan fingerprint density at radius 3 is 1.58 bits per heavy atom. The number of rotatable bonds is 13. The number of alkyl halides is 6. The maximum atomic E-state index is 13.1. The highest BCUT2D eigenvalue weighted by Gasteiger charge is 2.34. The summed E-state index contributed by atoms with van der Waals surface area (Å²) in [6.45, 7) is 11.6. The summed E-state index contributed by atoms with van der Waals surface area (Å²) in [6.07, 6.45) is 5.79. The lowest BCUT2D eigenvalue weighted by atomic mass is 9.86. The normalized spacial score (nSPS) is 12.9. The number of ether oxygens (including phenoxy) is 4. The molecule has 2 aliphatic rings. The Bertz CT molecular complexity index is 3900. The molecule has 3 aromatic carbocycles. The average molecular weight is 1180 g/mol. The first kappa shape index (κ1) is 63.1. The molecule has 7 aromatic rings. The standard InChI is InChI=1S/C23H25N3O3.C20H15F3N2O4.C20H15F3N2O3/c1-15-6-9-18(13-24-15)29-20-12-16(23(2,3)4)7-10-19(20)22(28)25-17-8-11-21(27)26(5)14-17;1-12-17(6-3-9-24-12)28-18-8-7-15(29-20(21,22)23)11-16(18)19(27)25-13-4-2-5-14(26)10-13;1-12-17(6-3-9-24-12)28-18-8-7-13(20(21,22)23)10-16(18)19(27)25-14-4-2-5-15(26)11-14/h6-14H,1-5H3,(H,25,28);2-4,6-11H,5H2,1H3,(H,25,27);2-4,6-11H,5H2,1H3,(H,25,27). The van der Waals surface area contributed by atoms with Gasteiger partial charge >= 0.3 is 12.5 Å². The van der Waals surface area contributed by atoms with E-state index < -0.39 is 35.7 Å². The van der Waals surface area contributed by atoms with Crippen molar-refractivity contribution >= 4 is 35.0 Å². The van der Waals surface area contributed by atoms with Crippen LogP contribution in [0, 0.1) is 20.8 Å². The average Bonchev–Trinajstić information content (AvgIpc) is 2.17. The van der Waals surface area contributed by atoms with Gasteiger partial charge < -0.3 is 39.5 Å². The number of hydrogen-bond donors (Lipinski definition) is 3. The number of benzene rings is 3. The van der Waals surface area contributed by atoms with Crippen molar-refractivity contribution in [2.45, 2.75) is 72.3 Å². The Kier molecular flexibility index (Phi) is 20.0. The number of halogens is 6. The van der Waals surface area contributed by atoms with Gasteiger partial charge in [0.15, 0.2) is 11.6 Å². The van der Waals surface area contributed by atoms with E-state index in [1.807, 2.05) is 31.2 Å². The summed E-state index contributed by atoms with van der Waals surface area (Å²) >= 11 is 0. The van der Waals surface area contributed by atoms with Crippen LogP contribution in [0.4, 0.5) is 32.0 Å². The van der Waals surface area contributed by atoms with E-state index in [0.29, 0.717) is 51.7 Å². The fourth-order valence-electron chi connectivity index (χ4n) is 7.82. The van der Waals surface area contributed by atoms with Gasteiger partial charge in [0, 0.05) is 73.8 Å². The van der Waals surface area contributed by atoms with Crippen LogP contribution >= 0.6 is 0 Å². The minimum absolute atomic E-state index is 0.000148. The minimum atomic E-state index is -4.92. The van der Waals surface area contributed by atoms with Gasteiger partial charge in [-0.25, -0.2) is 0 Å². The third-order valence-electron chi connectivity index (χ3n) is 12.3. The Morgan fingerprint density at radius 2 is 1.08 bits per heavy atom. The zero-order valence-electron chi connectivity index (χ0n) is 47.1. The zero-order valence-corrected chi connectivity index (χ0v) is 47.1. The lowest BCUT2D eigenvalue weighted by Gasteiger charge is -2.21. The van der Waals surface area contributed by atoms with Crippen LogP contribution < -0.4 is 40.5 Å². The van der Waals surface area contributed by atoms with E-state index in [4.69, 9.17) is 14.2 Å². The number of carbonyl (C=O) groups is 5. The predicted octanol–water partition coefficient (Wildman–Crippen LogP) is 13.0. The Labute approximate surface area is 488 Å². The molecule has 0 unspecified atom stereocenters. The quantitative estimate of drug-likeness (QED) is 0.0916. The highest BCUT2D eigenvalue weighted by Crippen LogP contribution is 2.37. The number of nitrogens with one attached hydrogen (secondary N) is 3. The van der Waals surface area contributed by atoms with Gasteiger partial charge in [-0.15, -0.1) is 13.2 Å². The predicted molar refractivity (Wildman–Crippen MR) is 305 cm³/mol. The molecule has 3 N–H and O–H groups in total. The molecule has 23 heteroatoms. The second kappa shape index (κ2) is 27.3. The summed E-state index contributed by atoms with van der Waals surface area (Å²) in [5.41, 5.74) is 2.55. The van der Waals surface area contributed by atoms with Crippen molar-refractivity contribution in [3.8, 4) is 40.2 Å². The molecule has 2 aliphatic carbocycles. The van der Waals surface area contributed by atoms with E-state index in [1.54, 1.807) is 94.2 Å². The fourth-order valence-corrected chi connectivity index (χ4v) is 7.82. The molecule has 0 atom stereocenters. The minimum Gasteiger partial charge on any atom is -0.455 e. The van der Waals surface area contributed by atoms with Crippen LogP contribution in [-0.2, 0) is 28.2 Å². The van der Waals surface area contributed by atoms with E-state index in [-0.39, 0.29) is 75.3 Å². The lowest BCUT2D eigenvalue weighted by molar-refractivity contribution is -0.274. The topological polar surface area (TPSA) is 219 Å². The number of amides is 3. The van der Waals surface area contributed by atoms with E-state index in [1.165, 1.54) is 41.0 Å². The van der Waals surface area contributed by atoms with Crippen molar-refractivity contribution in [3.63, 3.8) is 0 Å². The molecule has 17 nitrogen and oxygen atoms in total. The number of anilines is 1. The molecule has 86 heavy (non-hydrogen) atoms. The van der Waals surface area contributed by atoms with Gasteiger partial charge in [-0.3, -0.25) is 43.7 Å². The van der Waals surface area contributed by atoms with Gasteiger partial charge in [0.05, 0.1) is 45.5 Å². The van der Waals surface area contributed by atoms with Gasteiger partial charge in [0.2, 0.25) is 5.56 Å². The lowest BCUT2D eigenvalue weighted by Crippen LogP contribution is -2.24. The summed E-state index contributed by atoms with van der Waals surface area (Å²) in [4.78, 5) is 85.2. The molecular weight excluding hydrogens is 1130 g/mol. The number of ketones is 2. The highest BCUT2D eigenvalue weighted by atomic mass is 19.4. The maximum absolute atomic E-state index is 13.1. The Morgan fingerprint density at radius 1 is 0.547 bits per heavy atom. The van der Waals surface area contributed by atoms with Crippen LogP contribution in [0.2, 0.25) is 0 Å². The summed E-state index contributed by atoms with van der Waals surface area (Å²) in [7, 11) is 1.63. The first-order chi connectivity index (χ1) is 40.6. The second-order valence-electron chi connectivity index (χ2n) is 20.1. The molecule has 4 heterocycles. The van der Waals surface area contributed by atoms with Crippen LogP contribution in [0.5, 0.6) is 40.2 Å². The van der Waals surface area contributed by atoms with Crippen molar-refractivity contribution in [2.24, 2.45) is 7.05 Å². The summed E-state index contributed by atoms with van der Waals surface area (Å²) in [6, 6.07) is 24.4. The van der Waals surface area contributed by atoms with Gasteiger partial charge in [-0.1, -0.05) is 39.0 Å². The molecule has 444 valence electrons. The third-order valence-corrected chi connectivity index (χ3v) is 12.3. The molecule has 0 spiro atoms. The van der Waals surface area contributed by atoms with Crippen molar-refractivity contribution in [2.75, 3.05) is 5.32 Å². The van der Waals surface area contributed by atoms with Gasteiger partial charge in [-0.2, -0.15) is 13.2 Å². The molecule has 0 aliphatic heterocycles. The molecular formula is C63H55F6N7O10. The number of pyridine rings is 4. The zero-order chi connectivity index (χ0) is 62.5. The monoisotopic (exact) mass is 1180 g/mol. The number of carbonyl (C=O) groups excluding carboxylic acids is 5. The second-order valence-corrected chi connectivity index (χ2v) is 20.1. The van der Waals surface area contributed by atoms with Crippen molar-refractivity contribution in [3.05, 3.63) is 231 Å². The van der Waals surface area contributed by atoms with Crippen molar-refractivity contribution in [1.82, 2.24) is 30.2 Å². The summed E-state index contributed by atoms with van der Waals surface area (Å²) < 4.78 is 99.7. The summed E-state index contributed by atoms with van der Waals surface area (Å²) in [5, 5.41) is 7.74. The Hall–Kier alpha value is -10.5. The molecule has 3 amide bonds. The van der Waals surface area contributed by atoms with Gasteiger partial charge in [0.25, 0.3) is 17.7 Å². The smallest absolute Gasteiger partial charge is 0.455 e. The molecule has 0 saturated heterocycles. The molecule has 0 saturated carbocycles. The number of aromatic nitrogens is 4. The summed E-state index contributed by atoms with van der Waals surface area (Å²) in [5.74, 6) is -1.34. The molecule has 0 fully saturated rings. The van der Waals surface area contributed by atoms with E-state index >= 15 is 0 Å². The van der Waals surface area contributed by atoms with E-state index in [2.05, 4.69) is 56.4 Å². The molecule has 9 rings (SSSR count). The van der Waals surface area contributed by atoms with Gasteiger partial charge in [-0.05, 0) is 135 Å². The number of hydrogen-bond acceptors (Lipinski definition) is 13. The van der Waals surface area contributed by atoms with E-state index in [0.717, 1.165) is 35.5 Å². The first-order valence-corrected chi connectivity index (χ1v) is 26.1. The first-order valence-electron chi connectivity index (χ1n) is 26.1. The van der Waals surface area contributed by atoms with Crippen LogP contribution in [0.25, 0.3) is 0 Å². The number of nitrogens with zero attached hydrogens (tertiary/aromatic N) is 4. The Balaban J connectivity index is 0.000000185. The number of aryl methyl sites for hydroxylation is 4. The van der Waals surface area contributed by atoms with Crippen molar-refractivity contribution < 1.29 is 69.3 Å². The fraction of sp³-hybridized carbons (Fsp3) is 0.190. The van der Waals surface area contributed by atoms with Crippen LogP contribution in [0.3, 0.4) is 0 Å². The largest absolute Gasteiger partial charge is 0.573 e. The van der Waals surface area contributed by atoms with Crippen molar-refractivity contribution in [1.29, 1.82) is 0 Å². The number of allylic oxidation sites excluding steroid dienone is 6. The SMILES string of the molecule is Cc1ccc(Oc2cc(C(C)(C)C)ccc2C(=O)Nc2ccc(=O)n(C)c2)cn1.Cc1ncccc1Oc1ccc(C(F)(F)F)cc1C(=O)NC1=CC(=O)CC=C1.Cc1ncccc1Oc1ccc(OC(F)(F)F)cc1C(=O)NC1=CC(=O)CC=C1. The van der Waals surface area contributed by atoms with Crippen LogP contribution in [0.1, 0.15) is 92.9 Å². The highest BCUT2D eigenvalue weighted by molar-refractivity contribution is 6.06. The third kappa shape index (κ3) is 18.0. The van der Waals surface area contributed by atoms with Crippen LogP contribution in [0.15, 0.2) is 181 Å². The van der Waals surface area contributed by atoms with E-state index in [9.17, 15) is 55.1 Å².